The number of allylic oxidation sites excluding steroid dienone is 1. The fourth-order valence-corrected chi connectivity index (χ4v) is 4.07. The number of benzene rings is 1. The zero-order valence-corrected chi connectivity index (χ0v) is 11.3. The number of alkyl halides is 2. The molecule has 2 rings (SSSR count). The van der Waals surface area contributed by atoms with Gasteiger partial charge in [-0.25, -0.2) is 0 Å². The van der Waals surface area contributed by atoms with Crippen molar-refractivity contribution in [1.82, 2.24) is 0 Å². The molecule has 1 aliphatic carbocycles. The van der Waals surface area contributed by atoms with Gasteiger partial charge in [0.25, 0.3) is 0 Å². The molecule has 0 heterocycles. The van der Waals surface area contributed by atoms with E-state index >= 15 is 0 Å². The van der Waals surface area contributed by atoms with Crippen LogP contribution in [0.1, 0.15) is 25.0 Å². The van der Waals surface area contributed by atoms with Crippen molar-refractivity contribution in [2.45, 2.75) is 17.3 Å². The van der Waals surface area contributed by atoms with E-state index in [0.29, 0.717) is 11.1 Å². The Hall–Kier alpha value is -0.520. The van der Waals surface area contributed by atoms with E-state index in [1.54, 1.807) is 6.92 Å². The van der Waals surface area contributed by atoms with E-state index in [2.05, 4.69) is 0 Å². The second kappa shape index (κ2) is 3.75. The van der Waals surface area contributed by atoms with Crippen molar-refractivity contribution in [2.75, 3.05) is 4.93 Å². The van der Waals surface area contributed by atoms with Crippen molar-refractivity contribution in [3.63, 3.8) is 0 Å². The third-order valence-electron chi connectivity index (χ3n) is 3.23. The first-order valence-electron chi connectivity index (χ1n) is 4.79. The summed E-state index contributed by atoms with van der Waals surface area (Å²) in [6.45, 7) is 3.56. The van der Waals surface area contributed by atoms with Gasteiger partial charge in [-0.15, -0.1) is 0 Å². The van der Waals surface area contributed by atoms with Gasteiger partial charge in [-0.05, 0) is 0 Å². The van der Waals surface area contributed by atoms with Gasteiger partial charge in [-0.1, -0.05) is 0 Å². The first kappa shape index (κ1) is 12.0. The number of halogens is 4. The molecule has 0 saturated carbocycles. The molecule has 0 spiro atoms. The molecule has 0 bridgehead atoms. The van der Waals surface area contributed by atoms with Crippen LogP contribution in [0, 0.1) is 11.6 Å². The van der Waals surface area contributed by atoms with E-state index in [1.165, 1.54) is 6.07 Å². The fourth-order valence-electron chi connectivity index (χ4n) is 2.00. The summed E-state index contributed by atoms with van der Waals surface area (Å²) in [5, 5.41) is 0. The molecule has 1 atom stereocenters. The third-order valence-corrected chi connectivity index (χ3v) is 6.78. The second-order valence-electron chi connectivity index (χ2n) is 3.91. The molecule has 0 radical (unpaired) electrons. The van der Waals surface area contributed by atoms with Crippen molar-refractivity contribution in [3.8, 4) is 0 Å². The Morgan fingerprint density at radius 1 is 1.19 bits per heavy atom. The van der Waals surface area contributed by atoms with Gasteiger partial charge >= 0.3 is 103 Å². The van der Waals surface area contributed by atoms with Crippen LogP contribution in [0.5, 0.6) is 0 Å². The number of hydrogen-bond donors (Lipinski definition) is 0. The predicted octanol–water partition coefficient (Wildman–Crippen LogP) is 0.613. The molecule has 0 nitrogen and oxygen atoms in total. The Bertz CT molecular complexity index is 493. The summed E-state index contributed by atoms with van der Waals surface area (Å²) >= 11 is -0.346. The van der Waals surface area contributed by atoms with Gasteiger partial charge in [0, 0.05) is 0 Å². The Morgan fingerprint density at radius 3 is 2.38 bits per heavy atom. The van der Waals surface area contributed by atoms with E-state index < -0.39 is 20.9 Å². The standard InChI is InChI=1S/C12H11F3I/c1-6-10(14)9-7(12(6,2)16-3)4-5-8(13)11(9)15/h4-5H,1-3H3/q-1. The molecule has 0 aliphatic heterocycles. The molecular formula is C12H11F3I-. The zero-order chi connectivity index (χ0) is 12.1. The van der Waals surface area contributed by atoms with Crippen LogP contribution in [0.4, 0.5) is 13.2 Å². The van der Waals surface area contributed by atoms with Crippen molar-refractivity contribution in [1.29, 1.82) is 0 Å². The van der Waals surface area contributed by atoms with Crippen LogP contribution < -0.4 is 21.2 Å². The first-order valence-corrected chi connectivity index (χ1v) is 8.03. The Balaban J connectivity index is 2.80. The third kappa shape index (κ3) is 1.35. The molecule has 1 aliphatic rings. The molecule has 4 heteroatoms. The molecule has 0 fully saturated rings. The van der Waals surface area contributed by atoms with Crippen molar-refractivity contribution in [2.24, 2.45) is 0 Å². The van der Waals surface area contributed by atoms with Crippen LogP contribution in [0.2, 0.25) is 0 Å². The number of fused-ring (bicyclic) bond motifs is 1. The number of hydrogen-bond acceptors (Lipinski definition) is 0. The molecule has 0 N–H and O–H groups in total. The summed E-state index contributed by atoms with van der Waals surface area (Å²) < 4.78 is 40.2. The van der Waals surface area contributed by atoms with Gasteiger partial charge in [0.05, 0.1) is 0 Å². The zero-order valence-electron chi connectivity index (χ0n) is 9.17. The van der Waals surface area contributed by atoms with E-state index in [0.717, 1.165) is 6.07 Å². The SMILES string of the molecule is C[I-]C1(C)C(C)=C(F)c2c1ccc(F)c2F. The predicted molar refractivity (Wildman–Crippen MR) is 53.3 cm³/mol. The van der Waals surface area contributed by atoms with Crippen LogP contribution in [0.15, 0.2) is 17.7 Å². The molecule has 0 aromatic heterocycles. The van der Waals surface area contributed by atoms with Gasteiger partial charge in [0.2, 0.25) is 0 Å². The average molecular weight is 339 g/mol. The summed E-state index contributed by atoms with van der Waals surface area (Å²) in [7, 11) is 0. The van der Waals surface area contributed by atoms with Crippen molar-refractivity contribution in [3.05, 3.63) is 40.5 Å². The number of rotatable bonds is 1. The molecular weight excluding hydrogens is 328 g/mol. The minimum absolute atomic E-state index is 0.165. The Kier molecular flexibility index (Phi) is 2.80. The fraction of sp³-hybridized carbons (Fsp3) is 0.333. The van der Waals surface area contributed by atoms with E-state index in [-0.39, 0.29) is 26.8 Å². The van der Waals surface area contributed by atoms with Crippen LogP contribution >= 0.6 is 0 Å². The monoisotopic (exact) mass is 339 g/mol. The summed E-state index contributed by atoms with van der Waals surface area (Å²) in [5.74, 6) is -2.63. The average Bonchev–Trinajstić information content (AvgIpc) is 2.47. The van der Waals surface area contributed by atoms with Gasteiger partial charge in [0.15, 0.2) is 0 Å². The summed E-state index contributed by atoms with van der Waals surface area (Å²) in [5.41, 5.74) is 0.959. The molecule has 0 saturated heterocycles. The topological polar surface area (TPSA) is 0 Å². The maximum atomic E-state index is 13.9. The normalized spacial score (nSPS) is 24.1. The quantitative estimate of drug-likeness (QED) is 0.520. The van der Waals surface area contributed by atoms with E-state index in [4.69, 9.17) is 0 Å². The Morgan fingerprint density at radius 2 is 1.81 bits per heavy atom. The van der Waals surface area contributed by atoms with Gasteiger partial charge in [0.1, 0.15) is 0 Å². The van der Waals surface area contributed by atoms with E-state index in [1.807, 2.05) is 11.9 Å². The van der Waals surface area contributed by atoms with E-state index in [9.17, 15) is 13.2 Å². The Labute approximate surface area is 103 Å². The van der Waals surface area contributed by atoms with Gasteiger partial charge in [-0.2, -0.15) is 0 Å². The molecule has 0 amide bonds. The maximum absolute atomic E-state index is 13.9. The summed E-state index contributed by atoms with van der Waals surface area (Å²) in [6.07, 6.45) is 0. The van der Waals surface area contributed by atoms with Gasteiger partial charge < -0.3 is 0 Å². The first-order chi connectivity index (χ1) is 7.43. The molecule has 1 aromatic carbocycles. The molecule has 16 heavy (non-hydrogen) atoms. The van der Waals surface area contributed by atoms with Crippen LogP contribution in [0.3, 0.4) is 0 Å². The second-order valence-corrected chi connectivity index (χ2v) is 7.15. The van der Waals surface area contributed by atoms with Crippen molar-refractivity contribution < 1.29 is 34.4 Å². The van der Waals surface area contributed by atoms with Crippen molar-refractivity contribution >= 4 is 5.83 Å². The minimum atomic E-state index is -1.06. The summed E-state index contributed by atoms with van der Waals surface area (Å²) in [4.78, 5) is 2.02. The molecule has 1 unspecified atom stereocenters. The summed E-state index contributed by atoms with van der Waals surface area (Å²) in [6, 6.07) is 2.59. The van der Waals surface area contributed by atoms with Crippen LogP contribution in [-0.4, -0.2) is 4.93 Å². The van der Waals surface area contributed by atoms with Gasteiger partial charge in [-0.3, -0.25) is 0 Å². The molecule has 88 valence electrons. The molecule has 1 aromatic rings. The van der Waals surface area contributed by atoms with Crippen LogP contribution in [-0.2, 0) is 3.42 Å². The van der Waals surface area contributed by atoms with Crippen LogP contribution in [0.25, 0.3) is 5.83 Å².